The predicted molar refractivity (Wildman–Crippen MR) is 62.3 cm³/mol. The fourth-order valence-corrected chi connectivity index (χ4v) is 1.33. The third kappa shape index (κ3) is 8.70. The normalized spacial score (nSPS) is 13.3. The van der Waals surface area contributed by atoms with Crippen LogP contribution in [0.25, 0.3) is 0 Å². The van der Waals surface area contributed by atoms with E-state index >= 15 is 0 Å². The second-order valence-corrected chi connectivity index (χ2v) is 4.61. The van der Waals surface area contributed by atoms with Gasteiger partial charge in [-0.25, -0.2) is 0 Å². The van der Waals surface area contributed by atoms with Gasteiger partial charge in [0, 0.05) is 0 Å². The van der Waals surface area contributed by atoms with Crippen LogP contribution in [0.3, 0.4) is 0 Å². The van der Waals surface area contributed by atoms with Crippen molar-refractivity contribution in [3.8, 4) is 10.5 Å². The number of hydrogen-bond donors (Lipinski definition) is 0. The Morgan fingerprint density at radius 3 is 2.36 bits per heavy atom. The zero-order valence-corrected chi connectivity index (χ0v) is 10.3. The van der Waals surface area contributed by atoms with Gasteiger partial charge in [0.05, 0.1) is 0 Å². The minimum atomic E-state index is -0.0826. The number of ether oxygens (including phenoxy) is 1. The molecule has 0 aliphatic carbocycles. The molecule has 0 unspecified atom stereocenters. The van der Waals surface area contributed by atoms with Crippen LogP contribution in [-0.2, 0) is 4.74 Å². The van der Waals surface area contributed by atoms with Crippen LogP contribution in [0.2, 0.25) is 0 Å². The Morgan fingerprint density at radius 1 is 1.29 bits per heavy atom. The van der Waals surface area contributed by atoms with Crippen LogP contribution >= 0.6 is 0 Å². The van der Waals surface area contributed by atoms with E-state index in [9.17, 15) is 0 Å². The Kier molecular flexibility index (Phi) is 7.48. The molecule has 0 rings (SSSR count). The molecule has 0 fully saturated rings. The van der Waals surface area contributed by atoms with Gasteiger partial charge in [0.25, 0.3) is 0 Å². The topological polar surface area (TPSA) is 9.23 Å². The standard InChI is InChI=1S/C12H21O.Li/c1-6-8-9-10-11(7-2)13-12(3,4)5;/h11H,6,8-10H2,1,3-5H3;/t11-;/m1./s1. The molecule has 0 aromatic carbocycles. The van der Waals surface area contributed by atoms with Crippen molar-refractivity contribution in [2.75, 3.05) is 0 Å². The number of rotatable bonds is 5. The van der Waals surface area contributed by atoms with Gasteiger partial charge in [-0.15, -0.1) is 0 Å². The molecule has 14 heavy (non-hydrogen) atoms. The quantitative estimate of drug-likeness (QED) is 0.366. The maximum absolute atomic E-state index is 5.85. The van der Waals surface area contributed by atoms with Crippen molar-refractivity contribution in [1.82, 2.24) is 0 Å². The van der Waals surface area contributed by atoms with E-state index in [2.05, 4.69) is 38.2 Å². The summed E-state index contributed by atoms with van der Waals surface area (Å²) in [5, 5.41) is 0. The molecule has 0 saturated heterocycles. The Bertz CT molecular complexity index is 195. The molecule has 0 bridgehead atoms. The van der Waals surface area contributed by atoms with Crippen molar-refractivity contribution in [2.45, 2.75) is 65.1 Å². The Balaban J connectivity index is 3.95. The molecule has 0 aromatic heterocycles. The van der Waals surface area contributed by atoms with Gasteiger partial charge < -0.3 is 0 Å². The Morgan fingerprint density at radius 2 is 1.93 bits per heavy atom. The molecule has 0 N–H and O–H groups in total. The Hall–Kier alpha value is 0.117. The molecular weight excluding hydrogens is 167 g/mol. The first-order valence-electron chi connectivity index (χ1n) is 5.59. The molecule has 2 heteroatoms. The van der Waals surface area contributed by atoms with Crippen LogP contribution in [0.15, 0.2) is 0 Å². The predicted octanol–water partition coefficient (Wildman–Crippen LogP) is 2.88. The SMILES string of the molecule is [Li][C]#C[C@H](CCCCC)OC(C)(C)C. The molecule has 0 amide bonds. The number of unbranched alkanes of at least 4 members (excludes halogenated alkanes) is 2. The summed E-state index contributed by atoms with van der Waals surface area (Å²) in [5.41, 5.74) is -0.0826. The van der Waals surface area contributed by atoms with Gasteiger partial charge in [0.15, 0.2) is 0 Å². The van der Waals surface area contributed by atoms with Crippen LogP contribution in [0.5, 0.6) is 0 Å². The van der Waals surface area contributed by atoms with E-state index < -0.39 is 0 Å². The van der Waals surface area contributed by atoms with Crippen molar-refractivity contribution in [3.05, 3.63) is 0 Å². The minimum absolute atomic E-state index is 0.0826. The van der Waals surface area contributed by atoms with E-state index in [0.29, 0.717) is 0 Å². The zero-order chi connectivity index (χ0) is 11.0. The fraction of sp³-hybridized carbons (Fsp3) is 0.833. The van der Waals surface area contributed by atoms with Crippen LogP contribution in [0.4, 0.5) is 0 Å². The Labute approximate surface area is 98.2 Å². The van der Waals surface area contributed by atoms with Gasteiger partial charge in [-0.2, -0.15) is 0 Å². The van der Waals surface area contributed by atoms with Crippen LogP contribution in [-0.4, -0.2) is 29.4 Å². The fourth-order valence-electron chi connectivity index (χ4n) is 1.33. The van der Waals surface area contributed by atoms with Gasteiger partial charge in [-0.3, -0.25) is 0 Å². The van der Waals surface area contributed by atoms with Crippen molar-refractivity contribution in [2.24, 2.45) is 0 Å². The third-order valence-corrected chi connectivity index (χ3v) is 1.87. The summed E-state index contributed by atoms with van der Waals surface area (Å²) in [7, 11) is 0. The molecule has 1 nitrogen and oxygen atoms in total. The average Bonchev–Trinajstić information content (AvgIpc) is 2.02. The van der Waals surface area contributed by atoms with E-state index in [1.54, 1.807) is 0 Å². The average molecular weight is 188 g/mol. The molecule has 0 saturated carbocycles. The first-order valence-corrected chi connectivity index (χ1v) is 5.59. The molecule has 1 atom stereocenters. The first kappa shape index (κ1) is 14.1. The summed E-state index contributed by atoms with van der Waals surface area (Å²) in [6.45, 7) is 8.45. The monoisotopic (exact) mass is 188 g/mol. The summed E-state index contributed by atoms with van der Waals surface area (Å²) < 4.78 is 8.79. The molecule has 0 aliphatic heterocycles. The van der Waals surface area contributed by atoms with E-state index in [0.717, 1.165) is 6.42 Å². The van der Waals surface area contributed by atoms with Crippen LogP contribution in [0.1, 0.15) is 53.4 Å². The van der Waals surface area contributed by atoms with Crippen molar-refractivity contribution in [1.29, 1.82) is 0 Å². The van der Waals surface area contributed by atoms with Gasteiger partial charge in [-0.1, -0.05) is 0 Å². The summed E-state index contributed by atoms with van der Waals surface area (Å²) in [5.74, 6) is 3.13. The molecular formula is C12H21LiO. The van der Waals surface area contributed by atoms with Gasteiger partial charge in [0.2, 0.25) is 0 Å². The summed E-state index contributed by atoms with van der Waals surface area (Å²) in [6, 6.07) is 0. The number of hydrogen-bond acceptors (Lipinski definition) is 1. The van der Waals surface area contributed by atoms with Crippen molar-refractivity contribution in [3.63, 3.8) is 0 Å². The van der Waals surface area contributed by atoms with Crippen molar-refractivity contribution >= 4 is 17.7 Å². The van der Waals surface area contributed by atoms with Crippen molar-refractivity contribution < 1.29 is 4.74 Å². The van der Waals surface area contributed by atoms with Gasteiger partial charge in [0.1, 0.15) is 0 Å². The molecule has 0 radical (unpaired) electrons. The molecule has 0 aliphatic rings. The van der Waals surface area contributed by atoms with E-state index in [-0.39, 0.29) is 11.7 Å². The molecule has 76 valence electrons. The summed E-state index contributed by atoms with van der Waals surface area (Å²) in [6.07, 6.45) is 4.92. The first-order chi connectivity index (χ1) is 6.49. The van der Waals surface area contributed by atoms with Gasteiger partial charge >= 0.3 is 98.0 Å². The van der Waals surface area contributed by atoms with E-state index in [4.69, 9.17) is 4.74 Å². The van der Waals surface area contributed by atoms with Crippen LogP contribution < -0.4 is 0 Å². The van der Waals surface area contributed by atoms with E-state index in [1.807, 2.05) is 17.7 Å². The summed E-state index contributed by atoms with van der Waals surface area (Å²) >= 11 is 1.87. The van der Waals surface area contributed by atoms with E-state index in [1.165, 1.54) is 19.3 Å². The second-order valence-electron chi connectivity index (χ2n) is 4.61. The van der Waals surface area contributed by atoms with Crippen LogP contribution in [0, 0.1) is 10.5 Å². The molecule has 0 heterocycles. The summed E-state index contributed by atoms with van der Waals surface area (Å²) in [4.78, 5) is 0. The zero-order valence-electron chi connectivity index (χ0n) is 10.3. The molecule has 0 aromatic rings. The maximum atomic E-state index is 5.85. The second kappa shape index (κ2) is 7.41. The molecule has 0 spiro atoms. The third-order valence-electron chi connectivity index (χ3n) is 1.87. The van der Waals surface area contributed by atoms with Gasteiger partial charge in [-0.05, 0) is 0 Å².